The molecule has 0 aromatic carbocycles. The summed E-state index contributed by atoms with van der Waals surface area (Å²) in [6.45, 7) is 2.13. The predicted molar refractivity (Wildman–Crippen MR) is 54.3 cm³/mol. The molecule has 74 valence electrons. The number of rotatable bonds is 4. The second kappa shape index (κ2) is 5.99. The van der Waals surface area contributed by atoms with Gasteiger partial charge in [0.25, 0.3) is 0 Å². The average Bonchev–Trinajstić information content (AvgIpc) is 2.16. The summed E-state index contributed by atoms with van der Waals surface area (Å²) in [5.74, 6) is 0.900. The van der Waals surface area contributed by atoms with Crippen molar-refractivity contribution in [3.05, 3.63) is 0 Å². The molecule has 0 spiro atoms. The largest absolute Gasteiger partial charge is 0.305 e. The summed E-state index contributed by atoms with van der Waals surface area (Å²) in [6.07, 6.45) is 7.73. The zero-order valence-electron chi connectivity index (χ0n) is 8.63. The molecule has 13 heavy (non-hydrogen) atoms. The van der Waals surface area contributed by atoms with E-state index in [0.29, 0.717) is 6.42 Å². The normalized spacial score (nSPS) is 18.8. The van der Waals surface area contributed by atoms with Crippen molar-refractivity contribution in [2.75, 3.05) is 20.1 Å². The van der Waals surface area contributed by atoms with Crippen molar-refractivity contribution in [3.8, 4) is 6.07 Å². The summed E-state index contributed by atoms with van der Waals surface area (Å²) in [6, 6.07) is 2.19. The smallest absolute Gasteiger partial charge is 0.0635 e. The van der Waals surface area contributed by atoms with Gasteiger partial charge in [0.2, 0.25) is 0 Å². The molecule has 0 N–H and O–H groups in total. The Bertz CT molecular complexity index is 165. The van der Waals surface area contributed by atoms with Gasteiger partial charge in [-0.3, -0.25) is 0 Å². The zero-order valence-corrected chi connectivity index (χ0v) is 8.63. The van der Waals surface area contributed by atoms with Gasteiger partial charge in [0.1, 0.15) is 0 Å². The SMILES string of the molecule is CN(CCC#N)CC1CCCCC1. The molecule has 1 saturated carbocycles. The van der Waals surface area contributed by atoms with Gasteiger partial charge in [-0.2, -0.15) is 5.26 Å². The van der Waals surface area contributed by atoms with Gasteiger partial charge in [-0.05, 0) is 25.8 Å². The molecule has 0 unspecified atom stereocenters. The van der Waals surface area contributed by atoms with Gasteiger partial charge in [0.05, 0.1) is 6.07 Å². The van der Waals surface area contributed by atoms with Crippen LogP contribution in [0, 0.1) is 17.2 Å². The Morgan fingerprint density at radius 1 is 1.31 bits per heavy atom. The lowest BCUT2D eigenvalue weighted by molar-refractivity contribution is 0.237. The summed E-state index contributed by atoms with van der Waals surface area (Å²) < 4.78 is 0. The van der Waals surface area contributed by atoms with Crippen LogP contribution < -0.4 is 0 Å². The number of nitriles is 1. The summed E-state index contributed by atoms with van der Waals surface area (Å²) in [5.41, 5.74) is 0. The van der Waals surface area contributed by atoms with Crippen LogP contribution >= 0.6 is 0 Å². The fraction of sp³-hybridized carbons (Fsp3) is 0.909. The molecule has 0 aliphatic heterocycles. The van der Waals surface area contributed by atoms with Gasteiger partial charge in [-0.1, -0.05) is 19.3 Å². The summed E-state index contributed by atoms with van der Waals surface area (Å²) in [5, 5.41) is 8.44. The Hall–Kier alpha value is -0.550. The molecule has 1 aliphatic rings. The predicted octanol–water partition coefficient (Wildman–Crippen LogP) is 2.41. The van der Waals surface area contributed by atoms with Crippen molar-refractivity contribution in [1.82, 2.24) is 4.90 Å². The van der Waals surface area contributed by atoms with Gasteiger partial charge in [-0.15, -0.1) is 0 Å². The Morgan fingerprint density at radius 2 is 2.00 bits per heavy atom. The van der Waals surface area contributed by atoms with Crippen LogP contribution in [0.5, 0.6) is 0 Å². The minimum absolute atomic E-state index is 0.670. The molecule has 0 radical (unpaired) electrons. The van der Waals surface area contributed by atoms with E-state index in [2.05, 4.69) is 18.0 Å². The van der Waals surface area contributed by atoms with Crippen molar-refractivity contribution in [3.63, 3.8) is 0 Å². The molecule has 0 aromatic rings. The van der Waals surface area contributed by atoms with E-state index in [4.69, 9.17) is 5.26 Å². The van der Waals surface area contributed by atoms with Crippen molar-refractivity contribution < 1.29 is 0 Å². The van der Waals surface area contributed by atoms with Gasteiger partial charge >= 0.3 is 0 Å². The molecular weight excluding hydrogens is 160 g/mol. The van der Waals surface area contributed by atoms with E-state index in [1.165, 1.54) is 38.6 Å². The maximum Gasteiger partial charge on any atom is 0.0635 e. The molecule has 0 bridgehead atoms. The molecule has 0 atom stereocenters. The Kier molecular flexibility index (Phi) is 4.85. The lowest BCUT2D eigenvalue weighted by Gasteiger charge is -2.26. The summed E-state index contributed by atoms with van der Waals surface area (Å²) in [4.78, 5) is 2.30. The maximum absolute atomic E-state index is 8.44. The number of nitrogens with zero attached hydrogens (tertiary/aromatic N) is 2. The van der Waals surface area contributed by atoms with E-state index < -0.39 is 0 Å². The minimum atomic E-state index is 0.670. The van der Waals surface area contributed by atoms with Gasteiger partial charge in [-0.25, -0.2) is 0 Å². The zero-order chi connectivity index (χ0) is 9.52. The molecule has 2 nitrogen and oxygen atoms in total. The first-order chi connectivity index (χ1) is 6.33. The Labute approximate surface area is 81.5 Å². The molecule has 0 heterocycles. The molecule has 2 heteroatoms. The molecule has 1 aliphatic carbocycles. The average molecular weight is 180 g/mol. The topological polar surface area (TPSA) is 27.0 Å². The van der Waals surface area contributed by atoms with Crippen molar-refractivity contribution in [2.24, 2.45) is 5.92 Å². The Balaban J connectivity index is 2.11. The maximum atomic E-state index is 8.44. The van der Waals surface area contributed by atoms with Crippen LogP contribution in [0.15, 0.2) is 0 Å². The fourth-order valence-electron chi connectivity index (χ4n) is 2.14. The quantitative estimate of drug-likeness (QED) is 0.664. The molecule has 0 saturated heterocycles. The second-order valence-corrected chi connectivity index (χ2v) is 4.17. The molecule has 1 fully saturated rings. The number of hydrogen-bond acceptors (Lipinski definition) is 2. The summed E-state index contributed by atoms with van der Waals surface area (Å²) in [7, 11) is 2.13. The first-order valence-corrected chi connectivity index (χ1v) is 5.38. The highest BCUT2D eigenvalue weighted by atomic mass is 15.1. The van der Waals surface area contributed by atoms with Crippen LogP contribution in [0.1, 0.15) is 38.5 Å². The van der Waals surface area contributed by atoms with Crippen molar-refractivity contribution in [2.45, 2.75) is 38.5 Å². The van der Waals surface area contributed by atoms with Crippen LogP contribution in [0.4, 0.5) is 0 Å². The highest BCUT2D eigenvalue weighted by Crippen LogP contribution is 2.23. The lowest BCUT2D eigenvalue weighted by atomic mass is 9.89. The molecule has 1 rings (SSSR count). The van der Waals surface area contributed by atoms with Crippen LogP contribution in [-0.4, -0.2) is 25.0 Å². The van der Waals surface area contributed by atoms with Gasteiger partial charge < -0.3 is 4.90 Å². The van der Waals surface area contributed by atoms with E-state index in [1.54, 1.807) is 0 Å². The van der Waals surface area contributed by atoms with E-state index in [1.807, 2.05) is 0 Å². The van der Waals surface area contributed by atoms with E-state index in [0.717, 1.165) is 12.5 Å². The van der Waals surface area contributed by atoms with E-state index in [9.17, 15) is 0 Å². The third kappa shape index (κ3) is 4.28. The molecular formula is C11H20N2. The number of hydrogen-bond donors (Lipinski definition) is 0. The van der Waals surface area contributed by atoms with E-state index >= 15 is 0 Å². The second-order valence-electron chi connectivity index (χ2n) is 4.17. The molecule has 0 amide bonds. The first kappa shape index (κ1) is 10.5. The van der Waals surface area contributed by atoms with Crippen molar-refractivity contribution in [1.29, 1.82) is 5.26 Å². The Morgan fingerprint density at radius 3 is 2.62 bits per heavy atom. The monoisotopic (exact) mass is 180 g/mol. The third-order valence-corrected chi connectivity index (χ3v) is 2.90. The molecule has 0 aromatic heterocycles. The highest BCUT2D eigenvalue weighted by Gasteiger charge is 2.14. The van der Waals surface area contributed by atoms with Crippen molar-refractivity contribution >= 4 is 0 Å². The van der Waals surface area contributed by atoms with Gasteiger partial charge in [0.15, 0.2) is 0 Å². The first-order valence-electron chi connectivity index (χ1n) is 5.38. The van der Waals surface area contributed by atoms with Crippen LogP contribution in [-0.2, 0) is 0 Å². The summed E-state index contributed by atoms with van der Waals surface area (Å²) >= 11 is 0. The third-order valence-electron chi connectivity index (χ3n) is 2.90. The van der Waals surface area contributed by atoms with Crippen LogP contribution in [0.2, 0.25) is 0 Å². The minimum Gasteiger partial charge on any atom is -0.305 e. The van der Waals surface area contributed by atoms with Crippen LogP contribution in [0.3, 0.4) is 0 Å². The van der Waals surface area contributed by atoms with Crippen LogP contribution in [0.25, 0.3) is 0 Å². The van der Waals surface area contributed by atoms with E-state index in [-0.39, 0.29) is 0 Å². The van der Waals surface area contributed by atoms with Gasteiger partial charge in [0, 0.05) is 19.5 Å². The fourth-order valence-corrected chi connectivity index (χ4v) is 2.14. The lowest BCUT2D eigenvalue weighted by Crippen LogP contribution is -2.27. The standard InChI is InChI=1S/C11H20N2/c1-13(9-5-8-12)10-11-6-3-2-4-7-11/h11H,2-7,9-10H2,1H3. The highest BCUT2D eigenvalue weighted by molar-refractivity contribution is 4.73.